The molecule has 0 spiro atoms. The SMILES string of the molecule is Cc1c2c(nn1C)C(=O)N(c1ccc3c(c1)ncn3C)C2c1ccc(-n2cc(C(F)(F)F)cn2)cc1F. The maximum Gasteiger partial charge on any atom is 0.419 e. The van der Waals surface area contributed by atoms with Crippen molar-refractivity contribution < 1.29 is 22.4 Å². The van der Waals surface area contributed by atoms with Crippen molar-refractivity contribution in [1.82, 2.24) is 29.1 Å². The fourth-order valence-corrected chi connectivity index (χ4v) is 4.80. The second kappa shape index (κ2) is 7.76. The molecule has 8 nitrogen and oxygen atoms in total. The average molecular weight is 509 g/mol. The maximum atomic E-state index is 15.7. The maximum absolute atomic E-state index is 15.7. The molecule has 4 heterocycles. The summed E-state index contributed by atoms with van der Waals surface area (Å²) in [6, 6.07) is 8.57. The van der Waals surface area contributed by atoms with E-state index < -0.39 is 23.6 Å². The summed E-state index contributed by atoms with van der Waals surface area (Å²) in [6.07, 6.45) is -1.42. The number of hydrogen-bond acceptors (Lipinski definition) is 4. The van der Waals surface area contributed by atoms with Crippen LogP contribution >= 0.6 is 0 Å². The molecule has 0 saturated heterocycles. The first-order valence-electron chi connectivity index (χ1n) is 11.2. The Morgan fingerprint density at radius 3 is 2.49 bits per heavy atom. The van der Waals surface area contributed by atoms with Crippen molar-refractivity contribution in [2.45, 2.75) is 19.1 Å². The van der Waals surface area contributed by atoms with Crippen molar-refractivity contribution in [3.63, 3.8) is 0 Å². The number of amides is 1. The van der Waals surface area contributed by atoms with Crippen LogP contribution in [0.3, 0.4) is 0 Å². The number of hydrogen-bond donors (Lipinski definition) is 0. The summed E-state index contributed by atoms with van der Waals surface area (Å²) in [7, 11) is 3.56. The normalized spacial score (nSPS) is 15.7. The highest BCUT2D eigenvalue weighted by Gasteiger charge is 2.44. The van der Waals surface area contributed by atoms with Gasteiger partial charge in [-0.05, 0) is 37.3 Å². The predicted octanol–water partition coefficient (Wildman–Crippen LogP) is 4.71. The number of nitrogens with zero attached hydrogens (tertiary/aromatic N) is 7. The van der Waals surface area contributed by atoms with Crippen LogP contribution in [0.2, 0.25) is 0 Å². The molecule has 0 saturated carbocycles. The standard InChI is InChI=1S/C25H19F4N7O/c1-13-21-22(32-34(13)3)24(37)36(16-5-7-20-19(9-16)30-12-33(20)2)23(21)17-6-4-15(8-18(17)26)35-11-14(10-31-35)25(27,28)29/h4-12,23H,1-3H3. The molecule has 1 unspecified atom stereocenters. The van der Waals surface area contributed by atoms with Crippen molar-refractivity contribution in [2.24, 2.45) is 14.1 Å². The first-order chi connectivity index (χ1) is 17.5. The van der Waals surface area contributed by atoms with Gasteiger partial charge in [0.1, 0.15) is 5.82 Å². The highest BCUT2D eigenvalue weighted by atomic mass is 19.4. The van der Waals surface area contributed by atoms with E-state index in [2.05, 4.69) is 15.2 Å². The summed E-state index contributed by atoms with van der Waals surface area (Å²) in [5, 5.41) is 8.10. The monoisotopic (exact) mass is 509 g/mol. The molecular formula is C25H19F4N7O. The number of halogens is 4. The second-order valence-electron chi connectivity index (χ2n) is 8.95. The molecule has 1 amide bonds. The summed E-state index contributed by atoms with van der Waals surface area (Å²) in [4.78, 5) is 19.4. The number of anilines is 1. The van der Waals surface area contributed by atoms with Crippen LogP contribution in [0.1, 0.15) is 38.9 Å². The molecule has 5 aromatic rings. The fourth-order valence-electron chi connectivity index (χ4n) is 4.80. The van der Waals surface area contributed by atoms with Gasteiger partial charge in [0.05, 0.1) is 40.9 Å². The third-order valence-corrected chi connectivity index (χ3v) is 6.77. The van der Waals surface area contributed by atoms with Gasteiger partial charge in [0.25, 0.3) is 5.91 Å². The lowest BCUT2D eigenvalue weighted by Crippen LogP contribution is -2.30. The third-order valence-electron chi connectivity index (χ3n) is 6.77. The Hall–Kier alpha value is -4.48. The Labute approximate surface area is 207 Å². The molecule has 3 aromatic heterocycles. The number of aromatic nitrogens is 6. The quantitative estimate of drug-likeness (QED) is 0.330. The van der Waals surface area contributed by atoms with Crippen LogP contribution < -0.4 is 4.90 Å². The van der Waals surface area contributed by atoms with Crippen molar-refractivity contribution in [2.75, 3.05) is 4.90 Å². The van der Waals surface area contributed by atoms with E-state index in [4.69, 9.17) is 0 Å². The molecular weight excluding hydrogens is 490 g/mol. The minimum Gasteiger partial charge on any atom is -0.334 e. The topological polar surface area (TPSA) is 73.8 Å². The number of rotatable bonds is 3. The van der Waals surface area contributed by atoms with Gasteiger partial charge in [-0.25, -0.2) is 14.1 Å². The zero-order chi connectivity index (χ0) is 26.2. The van der Waals surface area contributed by atoms with Crippen molar-refractivity contribution in [3.8, 4) is 5.69 Å². The molecule has 6 rings (SSSR count). The summed E-state index contributed by atoms with van der Waals surface area (Å²) in [6.45, 7) is 1.80. The largest absolute Gasteiger partial charge is 0.419 e. The number of alkyl halides is 3. The Kier molecular flexibility index (Phi) is 4.81. The predicted molar refractivity (Wildman–Crippen MR) is 126 cm³/mol. The zero-order valence-corrected chi connectivity index (χ0v) is 19.8. The van der Waals surface area contributed by atoms with E-state index in [-0.39, 0.29) is 22.9 Å². The van der Waals surface area contributed by atoms with Gasteiger partial charge in [-0.2, -0.15) is 23.4 Å². The molecule has 0 fully saturated rings. The van der Waals surface area contributed by atoms with Crippen LogP contribution in [0.25, 0.3) is 16.7 Å². The Balaban J connectivity index is 1.48. The molecule has 12 heteroatoms. The lowest BCUT2D eigenvalue weighted by atomic mass is 9.97. The van der Waals surface area contributed by atoms with E-state index in [0.29, 0.717) is 28.7 Å². The molecule has 1 aliphatic heterocycles. The van der Waals surface area contributed by atoms with Crippen LogP contribution in [-0.4, -0.2) is 35.0 Å². The summed E-state index contributed by atoms with van der Waals surface area (Å²) in [5.41, 5.74) is 2.89. The molecule has 0 radical (unpaired) electrons. The Morgan fingerprint density at radius 1 is 1.03 bits per heavy atom. The van der Waals surface area contributed by atoms with Gasteiger partial charge >= 0.3 is 6.18 Å². The fraction of sp³-hybridized carbons (Fsp3) is 0.200. The van der Waals surface area contributed by atoms with Crippen LogP contribution in [-0.2, 0) is 20.3 Å². The van der Waals surface area contributed by atoms with Crippen molar-refractivity contribution in [1.29, 1.82) is 0 Å². The van der Waals surface area contributed by atoms with Gasteiger partial charge in [0, 0.05) is 42.8 Å². The van der Waals surface area contributed by atoms with Crippen LogP contribution in [0, 0.1) is 12.7 Å². The van der Waals surface area contributed by atoms with Gasteiger partial charge < -0.3 is 4.57 Å². The Bertz CT molecular complexity index is 1710. The number of aryl methyl sites for hydroxylation is 2. The third kappa shape index (κ3) is 3.43. The van der Waals surface area contributed by atoms with E-state index >= 15 is 4.39 Å². The van der Waals surface area contributed by atoms with Crippen LogP contribution in [0.5, 0.6) is 0 Å². The first kappa shape index (κ1) is 23.0. The van der Waals surface area contributed by atoms with Crippen LogP contribution in [0.15, 0.2) is 55.1 Å². The molecule has 2 aromatic carbocycles. The molecule has 1 atom stereocenters. The van der Waals surface area contributed by atoms with Gasteiger partial charge in [-0.15, -0.1) is 0 Å². The van der Waals surface area contributed by atoms with E-state index in [1.54, 1.807) is 37.1 Å². The minimum atomic E-state index is -4.57. The van der Waals surface area contributed by atoms with Gasteiger partial charge in [0.15, 0.2) is 5.69 Å². The number of carbonyl (C=O) groups is 1. The minimum absolute atomic E-state index is 0.116. The van der Waals surface area contributed by atoms with Gasteiger partial charge in [0.2, 0.25) is 0 Å². The lowest BCUT2D eigenvalue weighted by Gasteiger charge is -2.27. The Morgan fingerprint density at radius 2 is 1.78 bits per heavy atom. The summed E-state index contributed by atoms with van der Waals surface area (Å²) < 4.78 is 59.1. The molecule has 37 heavy (non-hydrogen) atoms. The second-order valence-corrected chi connectivity index (χ2v) is 8.95. The lowest BCUT2D eigenvalue weighted by molar-refractivity contribution is -0.137. The number of benzene rings is 2. The summed E-state index contributed by atoms with van der Waals surface area (Å²) >= 11 is 0. The molecule has 0 aliphatic carbocycles. The molecule has 188 valence electrons. The smallest absolute Gasteiger partial charge is 0.334 e. The first-order valence-corrected chi connectivity index (χ1v) is 11.2. The van der Waals surface area contributed by atoms with Gasteiger partial charge in [-0.3, -0.25) is 14.4 Å². The van der Waals surface area contributed by atoms with Crippen molar-refractivity contribution in [3.05, 3.63) is 89.0 Å². The van der Waals surface area contributed by atoms with E-state index in [0.717, 1.165) is 22.5 Å². The van der Waals surface area contributed by atoms with E-state index in [1.165, 1.54) is 17.0 Å². The van der Waals surface area contributed by atoms with E-state index in [9.17, 15) is 18.0 Å². The highest BCUT2D eigenvalue weighted by molar-refractivity contribution is 6.11. The highest BCUT2D eigenvalue weighted by Crippen LogP contribution is 2.44. The number of fused-ring (bicyclic) bond motifs is 2. The number of carbonyl (C=O) groups excluding carboxylic acids is 1. The number of imidazole rings is 1. The molecule has 1 aliphatic rings. The summed E-state index contributed by atoms with van der Waals surface area (Å²) in [5.74, 6) is -1.08. The van der Waals surface area contributed by atoms with Crippen molar-refractivity contribution >= 4 is 22.6 Å². The molecule has 0 bridgehead atoms. The average Bonchev–Trinajstić information content (AvgIpc) is 3.60. The zero-order valence-electron chi connectivity index (χ0n) is 19.8. The van der Waals surface area contributed by atoms with Crippen LogP contribution in [0.4, 0.5) is 23.2 Å². The molecule has 0 N–H and O–H groups in total. The van der Waals surface area contributed by atoms with E-state index in [1.807, 2.05) is 17.7 Å². The van der Waals surface area contributed by atoms with Gasteiger partial charge in [-0.1, -0.05) is 6.07 Å².